The van der Waals surface area contributed by atoms with Gasteiger partial charge in [0.2, 0.25) is 0 Å². The van der Waals surface area contributed by atoms with Gasteiger partial charge in [-0.2, -0.15) is 0 Å². The standard InChI is InChI=1S/C8H8F2INO2/c1-14-7-4(3-13)6(8(9)10)12-2-5(7)11/h2,8,13H,3H2,1H3. The van der Waals surface area contributed by atoms with Crippen molar-refractivity contribution in [2.45, 2.75) is 13.0 Å². The highest BCUT2D eigenvalue weighted by Gasteiger charge is 2.19. The summed E-state index contributed by atoms with van der Waals surface area (Å²) in [6.45, 7) is -0.507. The molecule has 0 radical (unpaired) electrons. The van der Waals surface area contributed by atoms with Crippen molar-refractivity contribution >= 4 is 22.6 Å². The summed E-state index contributed by atoms with van der Waals surface area (Å²) in [5.41, 5.74) is -0.376. The molecule has 6 heteroatoms. The molecule has 0 saturated heterocycles. The average Bonchev–Trinajstić information content (AvgIpc) is 2.16. The molecule has 3 nitrogen and oxygen atoms in total. The van der Waals surface area contributed by atoms with E-state index in [0.717, 1.165) is 0 Å². The molecule has 0 atom stereocenters. The zero-order valence-corrected chi connectivity index (χ0v) is 9.46. The Labute approximate surface area is 93.2 Å². The molecule has 0 aliphatic heterocycles. The molecule has 0 aromatic carbocycles. The minimum atomic E-state index is -2.71. The monoisotopic (exact) mass is 315 g/mol. The van der Waals surface area contributed by atoms with Crippen LogP contribution in [0.3, 0.4) is 0 Å². The van der Waals surface area contributed by atoms with E-state index in [1.165, 1.54) is 13.3 Å². The molecule has 0 bridgehead atoms. The van der Waals surface area contributed by atoms with Crippen LogP contribution in [0.25, 0.3) is 0 Å². The molecule has 0 saturated carbocycles. The van der Waals surface area contributed by atoms with Gasteiger partial charge in [-0.05, 0) is 22.6 Å². The number of hydrogen-bond donors (Lipinski definition) is 1. The van der Waals surface area contributed by atoms with Gasteiger partial charge in [0.25, 0.3) is 6.43 Å². The SMILES string of the molecule is COc1c(I)cnc(C(F)F)c1CO. The van der Waals surface area contributed by atoms with Gasteiger partial charge in [0.15, 0.2) is 0 Å². The zero-order chi connectivity index (χ0) is 10.7. The van der Waals surface area contributed by atoms with Crippen LogP contribution in [0.4, 0.5) is 8.78 Å². The summed E-state index contributed by atoms with van der Waals surface area (Å²) < 4.78 is 30.4. The Kier molecular flexibility index (Phi) is 3.99. The van der Waals surface area contributed by atoms with E-state index < -0.39 is 18.7 Å². The zero-order valence-electron chi connectivity index (χ0n) is 7.30. The summed E-state index contributed by atoms with van der Waals surface area (Å²) in [7, 11) is 1.37. The summed E-state index contributed by atoms with van der Waals surface area (Å²) in [5, 5.41) is 8.95. The summed E-state index contributed by atoms with van der Waals surface area (Å²) in [6, 6.07) is 0. The molecule has 1 heterocycles. The van der Waals surface area contributed by atoms with Crippen LogP contribution in [0.15, 0.2) is 6.20 Å². The Morgan fingerprint density at radius 3 is 2.71 bits per heavy atom. The van der Waals surface area contributed by atoms with Crippen molar-refractivity contribution < 1.29 is 18.6 Å². The van der Waals surface area contributed by atoms with Gasteiger partial charge in [-0.3, -0.25) is 4.98 Å². The molecule has 1 aromatic rings. The Balaban J connectivity index is 3.33. The van der Waals surface area contributed by atoms with Gasteiger partial charge < -0.3 is 9.84 Å². The third kappa shape index (κ3) is 2.11. The van der Waals surface area contributed by atoms with Crippen molar-refractivity contribution in [2.24, 2.45) is 0 Å². The van der Waals surface area contributed by atoms with E-state index in [2.05, 4.69) is 4.98 Å². The van der Waals surface area contributed by atoms with Crippen LogP contribution in [0.5, 0.6) is 5.75 Å². The first-order chi connectivity index (χ1) is 6.61. The molecule has 1 rings (SSSR count). The predicted molar refractivity (Wildman–Crippen MR) is 54.4 cm³/mol. The van der Waals surface area contributed by atoms with Crippen LogP contribution in [-0.2, 0) is 6.61 Å². The molecule has 1 aromatic heterocycles. The van der Waals surface area contributed by atoms with Crippen molar-refractivity contribution in [2.75, 3.05) is 7.11 Å². The number of ether oxygens (including phenoxy) is 1. The fourth-order valence-corrected chi connectivity index (χ4v) is 1.77. The number of nitrogens with zero attached hydrogens (tertiary/aromatic N) is 1. The molecule has 0 spiro atoms. The summed E-state index contributed by atoms with van der Waals surface area (Å²) >= 11 is 1.91. The lowest BCUT2D eigenvalue weighted by atomic mass is 10.2. The molecule has 1 N–H and O–H groups in total. The fourth-order valence-electron chi connectivity index (χ4n) is 1.08. The molecular formula is C8H8F2INO2. The largest absolute Gasteiger partial charge is 0.495 e. The van der Waals surface area contributed by atoms with Crippen molar-refractivity contribution in [3.63, 3.8) is 0 Å². The average molecular weight is 315 g/mol. The summed E-state index contributed by atoms with van der Waals surface area (Å²) in [6.07, 6.45) is -1.41. The van der Waals surface area contributed by atoms with Gasteiger partial charge in [0.05, 0.1) is 17.3 Å². The van der Waals surface area contributed by atoms with Crippen LogP contribution >= 0.6 is 22.6 Å². The number of aromatic nitrogens is 1. The van der Waals surface area contributed by atoms with E-state index in [4.69, 9.17) is 9.84 Å². The number of hydrogen-bond acceptors (Lipinski definition) is 3. The van der Waals surface area contributed by atoms with Crippen molar-refractivity contribution in [1.82, 2.24) is 4.98 Å². The number of aliphatic hydroxyl groups is 1. The third-order valence-electron chi connectivity index (χ3n) is 1.69. The normalized spacial score (nSPS) is 10.7. The number of alkyl halides is 2. The minimum absolute atomic E-state index is 0.0504. The van der Waals surface area contributed by atoms with Crippen LogP contribution in [0.2, 0.25) is 0 Å². The number of halogens is 3. The van der Waals surface area contributed by atoms with Crippen molar-refractivity contribution in [3.8, 4) is 5.75 Å². The van der Waals surface area contributed by atoms with Crippen LogP contribution in [-0.4, -0.2) is 17.2 Å². The summed E-state index contributed by atoms with van der Waals surface area (Å²) in [4.78, 5) is 3.56. The van der Waals surface area contributed by atoms with E-state index in [1.54, 1.807) is 0 Å². The number of aliphatic hydroxyl groups excluding tert-OH is 1. The maximum atomic E-state index is 12.4. The lowest BCUT2D eigenvalue weighted by Crippen LogP contribution is -2.03. The van der Waals surface area contributed by atoms with Gasteiger partial charge >= 0.3 is 0 Å². The first-order valence-corrected chi connectivity index (χ1v) is 4.80. The first-order valence-electron chi connectivity index (χ1n) is 3.72. The molecule has 14 heavy (non-hydrogen) atoms. The third-order valence-corrected chi connectivity index (χ3v) is 2.45. The lowest BCUT2D eigenvalue weighted by Gasteiger charge is -2.11. The van der Waals surface area contributed by atoms with Gasteiger partial charge in [-0.1, -0.05) is 0 Å². The second-order valence-corrected chi connectivity index (χ2v) is 3.62. The molecule has 78 valence electrons. The molecule has 0 aliphatic carbocycles. The van der Waals surface area contributed by atoms with E-state index in [9.17, 15) is 8.78 Å². The van der Waals surface area contributed by atoms with Crippen molar-refractivity contribution in [1.29, 1.82) is 0 Å². The highest BCUT2D eigenvalue weighted by molar-refractivity contribution is 14.1. The van der Waals surface area contributed by atoms with Gasteiger partial charge in [-0.15, -0.1) is 0 Å². The van der Waals surface area contributed by atoms with E-state index in [1.807, 2.05) is 22.6 Å². The second-order valence-electron chi connectivity index (χ2n) is 2.46. The van der Waals surface area contributed by atoms with Crippen molar-refractivity contribution in [3.05, 3.63) is 21.0 Å². The molecular weight excluding hydrogens is 307 g/mol. The maximum absolute atomic E-state index is 12.4. The molecule has 0 unspecified atom stereocenters. The van der Waals surface area contributed by atoms with E-state index in [-0.39, 0.29) is 11.3 Å². The van der Waals surface area contributed by atoms with Gasteiger partial charge in [0.1, 0.15) is 11.4 Å². The maximum Gasteiger partial charge on any atom is 0.280 e. The van der Waals surface area contributed by atoms with E-state index in [0.29, 0.717) is 3.57 Å². The highest BCUT2D eigenvalue weighted by atomic mass is 127. The topological polar surface area (TPSA) is 42.4 Å². The number of methoxy groups -OCH3 is 1. The molecule has 0 amide bonds. The smallest absolute Gasteiger partial charge is 0.280 e. The molecule has 0 aliphatic rings. The Hall–Kier alpha value is -0.500. The fraction of sp³-hybridized carbons (Fsp3) is 0.375. The predicted octanol–water partition coefficient (Wildman–Crippen LogP) is 2.12. The van der Waals surface area contributed by atoms with Gasteiger partial charge in [-0.25, -0.2) is 8.78 Å². The number of rotatable bonds is 3. The van der Waals surface area contributed by atoms with Gasteiger partial charge in [0, 0.05) is 11.8 Å². The highest BCUT2D eigenvalue weighted by Crippen LogP contribution is 2.31. The van der Waals surface area contributed by atoms with Crippen LogP contribution in [0, 0.1) is 3.57 Å². The van der Waals surface area contributed by atoms with E-state index >= 15 is 0 Å². The molecule has 0 fully saturated rings. The first kappa shape index (κ1) is 11.6. The lowest BCUT2D eigenvalue weighted by molar-refractivity contribution is 0.140. The number of pyridine rings is 1. The Bertz CT molecular complexity index is 333. The van der Waals surface area contributed by atoms with Crippen LogP contribution < -0.4 is 4.74 Å². The Morgan fingerprint density at radius 2 is 2.29 bits per heavy atom. The Morgan fingerprint density at radius 1 is 1.64 bits per heavy atom. The quantitative estimate of drug-likeness (QED) is 0.869. The summed E-state index contributed by atoms with van der Waals surface area (Å²) in [5.74, 6) is 0.262. The minimum Gasteiger partial charge on any atom is -0.495 e. The van der Waals surface area contributed by atoms with Crippen LogP contribution in [0.1, 0.15) is 17.7 Å². The second kappa shape index (κ2) is 4.83.